The highest BCUT2D eigenvalue weighted by Crippen LogP contribution is 2.19. The summed E-state index contributed by atoms with van der Waals surface area (Å²) in [5.41, 5.74) is 2.34. The quantitative estimate of drug-likeness (QED) is 0.832. The van der Waals surface area contributed by atoms with Crippen molar-refractivity contribution in [3.05, 3.63) is 35.4 Å². The third-order valence-electron chi connectivity index (χ3n) is 4.17. The van der Waals surface area contributed by atoms with E-state index in [2.05, 4.69) is 11.4 Å². The number of carbonyl (C=O) groups is 3. The average Bonchev–Trinajstić information content (AvgIpc) is 2.76. The number of urea groups is 1. The molecule has 0 atom stereocenters. The van der Waals surface area contributed by atoms with Crippen LogP contribution in [0, 0.1) is 6.92 Å². The first-order valence-electron chi connectivity index (χ1n) is 7.48. The molecule has 6 nitrogen and oxygen atoms in total. The fourth-order valence-electron chi connectivity index (χ4n) is 2.90. The minimum atomic E-state index is -0.346. The van der Waals surface area contributed by atoms with Gasteiger partial charge in [-0.05, 0) is 18.9 Å². The number of likely N-dealkylation sites (tertiary alicyclic amines) is 1. The molecule has 0 aliphatic carbocycles. The largest absolute Gasteiger partial charge is 0.338 e. The summed E-state index contributed by atoms with van der Waals surface area (Å²) >= 11 is 0. The van der Waals surface area contributed by atoms with Gasteiger partial charge < -0.3 is 10.2 Å². The Labute approximate surface area is 129 Å². The molecule has 0 spiro atoms. The van der Waals surface area contributed by atoms with Crippen molar-refractivity contribution in [3.8, 4) is 0 Å². The van der Waals surface area contributed by atoms with Crippen molar-refractivity contribution in [1.29, 1.82) is 0 Å². The van der Waals surface area contributed by atoms with Gasteiger partial charge in [0, 0.05) is 19.5 Å². The predicted octanol–water partition coefficient (Wildman–Crippen LogP) is 0.690. The normalized spacial score (nSPS) is 18.4. The number of rotatable bonds is 4. The number of hydrogen-bond donors (Lipinski definition) is 1. The standard InChI is InChI=1S/C16H19N3O3/c1-11-3-2-4-12(7-11)5-6-14(20)18-9-13(10-18)19-15(21)8-17-16(19)22/h2-4,7,13H,5-6,8-10H2,1H3,(H,17,22). The lowest BCUT2D eigenvalue weighted by molar-refractivity contribution is -0.142. The summed E-state index contributed by atoms with van der Waals surface area (Å²) < 4.78 is 0. The van der Waals surface area contributed by atoms with Crippen molar-refractivity contribution in [1.82, 2.24) is 15.1 Å². The Morgan fingerprint density at radius 3 is 2.73 bits per heavy atom. The van der Waals surface area contributed by atoms with E-state index in [4.69, 9.17) is 0 Å². The van der Waals surface area contributed by atoms with Crippen LogP contribution in [-0.2, 0) is 16.0 Å². The molecule has 2 aliphatic heterocycles. The summed E-state index contributed by atoms with van der Waals surface area (Å²) in [4.78, 5) is 38.2. The Bertz CT molecular complexity index is 607. The fraction of sp³-hybridized carbons (Fsp3) is 0.438. The molecule has 1 N–H and O–H groups in total. The molecule has 6 heteroatoms. The number of imide groups is 1. The zero-order valence-electron chi connectivity index (χ0n) is 12.5. The van der Waals surface area contributed by atoms with Gasteiger partial charge in [-0.3, -0.25) is 14.5 Å². The number of benzene rings is 1. The Kier molecular flexibility index (Phi) is 3.83. The molecular weight excluding hydrogens is 282 g/mol. The van der Waals surface area contributed by atoms with Crippen LogP contribution in [-0.4, -0.2) is 53.3 Å². The molecule has 0 saturated carbocycles. The van der Waals surface area contributed by atoms with E-state index in [1.165, 1.54) is 10.5 Å². The lowest BCUT2D eigenvalue weighted by atomic mass is 10.0. The van der Waals surface area contributed by atoms with Crippen molar-refractivity contribution in [2.45, 2.75) is 25.8 Å². The monoisotopic (exact) mass is 301 g/mol. The van der Waals surface area contributed by atoms with Gasteiger partial charge in [0.1, 0.15) is 0 Å². The van der Waals surface area contributed by atoms with Crippen LogP contribution in [0.2, 0.25) is 0 Å². The second kappa shape index (κ2) is 5.79. The first-order valence-corrected chi connectivity index (χ1v) is 7.48. The van der Waals surface area contributed by atoms with Gasteiger partial charge in [0.25, 0.3) is 0 Å². The summed E-state index contributed by atoms with van der Waals surface area (Å²) in [7, 11) is 0. The van der Waals surface area contributed by atoms with Crippen LogP contribution in [0.15, 0.2) is 24.3 Å². The SMILES string of the molecule is Cc1cccc(CCC(=O)N2CC(N3C(=O)CNC3=O)C2)c1. The molecule has 1 aromatic rings. The maximum atomic E-state index is 12.1. The molecule has 0 unspecified atom stereocenters. The van der Waals surface area contributed by atoms with Crippen molar-refractivity contribution in [2.75, 3.05) is 19.6 Å². The minimum absolute atomic E-state index is 0.0661. The number of hydrogen-bond acceptors (Lipinski definition) is 3. The van der Waals surface area contributed by atoms with Crippen molar-refractivity contribution in [3.63, 3.8) is 0 Å². The van der Waals surface area contributed by atoms with Gasteiger partial charge in [-0.2, -0.15) is 0 Å². The van der Waals surface area contributed by atoms with E-state index in [1.807, 2.05) is 25.1 Å². The lowest BCUT2D eigenvalue weighted by Crippen LogP contribution is -2.62. The Morgan fingerprint density at radius 2 is 2.09 bits per heavy atom. The molecule has 2 fully saturated rings. The van der Waals surface area contributed by atoms with E-state index in [9.17, 15) is 14.4 Å². The summed E-state index contributed by atoms with van der Waals surface area (Å²) in [6.07, 6.45) is 1.17. The van der Waals surface area contributed by atoms with Gasteiger partial charge in [-0.15, -0.1) is 0 Å². The van der Waals surface area contributed by atoms with Gasteiger partial charge in [0.05, 0.1) is 12.6 Å². The van der Waals surface area contributed by atoms with Crippen LogP contribution in [0.25, 0.3) is 0 Å². The van der Waals surface area contributed by atoms with Crippen LogP contribution in [0.1, 0.15) is 17.5 Å². The van der Waals surface area contributed by atoms with Gasteiger partial charge in [0.15, 0.2) is 0 Å². The Hall–Kier alpha value is -2.37. The first-order chi connectivity index (χ1) is 10.5. The van der Waals surface area contributed by atoms with E-state index in [1.54, 1.807) is 4.90 Å². The molecule has 0 aromatic heterocycles. The summed E-state index contributed by atoms with van der Waals surface area (Å²) in [5.74, 6) is -0.133. The topological polar surface area (TPSA) is 69.7 Å². The highest BCUT2D eigenvalue weighted by atomic mass is 16.2. The molecule has 1 aromatic carbocycles. The Morgan fingerprint density at radius 1 is 1.32 bits per heavy atom. The predicted molar refractivity (Wildman–Crippen MR) is 80.1 cm³/mol. The average molecular weight is 301 g/mol. The van der Waals surface area contributed by atoms with Crippen LogP contribution in [0.5, 0.6) is 0 Å². The number of nitrogens with one attached hydrogen (secondary N) is 1. The van der Waals surface area contributed by atoms with E-state index in [0.717, 1.165) is 5.56 Å². The molecule has 0 radical (unpaired) electrons. The second-order valence-corrected chi connectivity index (χ2v) is 5.86. The lowest BCUT2D eigenvalue weighted by Gasteiger charge is -2.42. The second-order valence-electron chi connectivity index (χ2n) is 5.86. The van der Waals surface area contributed by atoms with Gasteiger partial charge in [-0.1, -0.05) is 29.8 Å². The van der Waals surface area contributed by atoms with E-state index >= 15 is 0 Å². The molecule has 116 valence electrons. The van der Waals surface area contributed by atoms with Crippen molar-refractivity contribution < 1.29 is 14.4 Å². The number of amides is 4. The number of aryl methyl sites for hydroxylation is 2. The molecule has 2 aliphatic rings. The smallest absolute Gasteiger partial charge is 0.324 e. The maximum Gasteiger partial charge on any atom is 0.324 e. The van der Waals surface area contributed by atoms with E-state index in [0.29, 0.717) is 25.9 Å². The van der Waals surface area contributed by atoms with Gasteiger partial charge in [-0.25, -0.2) is 4.79 Å². The molecular formula is C16H19N3O3. The van der Waals surface area contributed by atoms with Crippen molar-refractivity contribution in [2.24, 2.45) is 0 Å². The molecule has 2 heterocycles. The molecule has 2 saturated heterocycles. The van der Waals surface area contributed by atoms with Crippen LogP contribution in [0.4, 0.5) is 4.79 Å². The summed E-state index contributed by atoms with van der Waals surface area (Å²) in [5, 5.41) is 2.50. The summed E-state index contributed by atoms with van der Waals surface area (Å²) in [6, 6.07) is 7.61. The third-order valence-corrected chi connectivity index (χ3v) is 4.17. The van der Waals surface area contributed by atoms with Crippen LogP contribution < -0.4 is 5.32 Å². The fourth-order valence-corrected chi connectivity index (χ4v) is 2.90. The molecule has 22 heavy (non-hydrogen) atoms. The molecule has 0 bridgehead atoms. The molecule has 4 amide bonds. The van der Waals surface area contributed by atoms with Gasteiger partial charge in [0.2, 0.25) is 11.8 Å². The minimum Gasteiger partial charge on any atom is -0.338 e. The highest BCUT2D eigenvalue weighted by Gasteiger charge is 2.42. The zero-order chi connectivity index (χ0) is 15.7. The number of nitrogens with zero attached hydrogens (tertiary/aromatic N) is 2. The van der Waals surface area contributed by atoms with Crippen molar-refractivity contribution >= 4 is 17.8 Å². The molecule has 3 rings (SSSR count). The summed E-state index contributed by atoms with van der Waals surface area (Å²) in [6.45, 7) is 3.00. The first kappa shape index (κ1) is 14.6. The maximum absolute atomic E-state index is 12.1. The van der Waals surface area contributed by atoms with Crippen LogP contribution in [0.3, 0.4) is 0 Å². The Balaban J connectivity index is 1.47. The van der Waals surface area contributed by atoms with E-state index < -0.39 is 0 Å². The van der Waals surface area contributed by atoms with Crippen LogP contribution >= 0.6 is 0 Å². The van der Waals surface area contributed by atoms with E-state index in [-0.39, 0.29) is 30.4 Å². The zero-order valence-corrected chi connectivity index (χ0v) is 12.5. The van der Waals surface area contributed by atoms with Gasteiger partial charge >= 0.3 is 6.03 Å². The number of carbonyl (C=O) groups excluding carboxylic acids is 3. The highest BCUT2D eigenvalue weighted by molar-refractivity contribution is 6.02. The third kappa shape index (κ3) is 2.81.